The van der Waals surface area contributed by atoms with Gasteiger partial charge in [0.1, 0.15) is 11.5 Å². The van der Waals surface area contributed by atoms with Gasteiger partial charge < -0.3 is 11.1 Å². The molecule has 0 radical (unpaired) electrons. The lowest BCUT2D eigenvalue weighted by molar-refractivity contribution is -0.141. The van der Waals surface area contributed by atoms with E-state index >= 15 is 0 Å². The topological polar surface area (TPSA) is 63.8 Å². The van der Waals surface area contributed by atoms with Crippen LogP contribution in [-0.2, 0) is 6.18 Å². The van der Waals surface area contributed by atoms with Crippen molar-refractivity contribution in [1.29, 1.82) is 0 Å². The Bertz CT molecular complexity index is 393. The lowest BCUT2D eigenvalue weighted by Gasteiger charge is -2.36. The number of rotatable bonds is 3. The molecule has 0 amide bonds. The van der Waals surface area contributed by atoms with Crippen molar-refractivity contribution in [1.82, 2.24) is 15.3 Å². The number of nitrogens with two attached hydrogens (primary N) is 1. The van der Waals surface area contributed by atoms with Gasteiger partial charge in [0.2, 0.25) is 0 Å². The molecule has 1 aliphatic rings. The maximum Gasteiger partial charge on any atom is 0.433 e. The van der Waals surface area contributed by atoms with Crippen molar-refractivity contribution in [2.75, 3.05) is 13.1 Å². The average Bonchev–Trinajstić information content (AvgIpc) is 2.24. The Hall–Kier alpha value is -1.21. The maximum absolute atomic E-state index is 12.5. The van der Waals surface area contributed by atoms with Crippen LogP contribution >= 0.6 is 0 Å². The fourth-order valence-electron chi connectivity index (χ4n) is 1.87. The molecule has 4 nitrogen and oxygen atoms in total. The van der Waals surface area contributed by atoms with Crippen molar-refractivity contribution in [3.63, 3.8) is 0 Å². The molecule has 1 fully saturated rings. The summed E-state index contributed by atoms with van der Waals surface area (Å²) >= 11 is 0. The third kappa shape index (κ3) is 2.55. The molecule has 3 N–H and O–H groups in total. The number of halogens is 3. The summed E-state index contributed by atoms with van der Waals surface area (Å²) in [6.45, 7) is 1.27. The smallest absolute Gasteiger partial charge is 0.330 e. The van der Waals surface area contributed by atoms with Crippen LogP contribution in [0.15, 0.2) is 12.3 Å². The lowest BCUT2D eigenvalue weighted by atomic mass is 9.88. The average molecular weight is 246 g/mol. The van der Waals surface area contributed by atoms with E-state index in [1.807, 2.05) is 0 Å². The second kappa shape index (κ2) is 4.58. The predicted octanol–water partition coefficient (Wildman–Crippen LogP) is 1.10. The molecule has 17 heavy (non-hydrogen) atoms. The minimum atomic E-state index is -4.43. The summed E-state index contributed by atoms with van der Waals surface area (Å²) in [5, 5.41) is 3.03. The van der Waals surface area contributed by atoms with E-state index in [1.54, 1.807) is 0 Å². The molecule has 0 aliphatic carbocycles. The maximum atomic E-state index is 12.5. The van der Waals surface area contributed by atoms with Gasteiger partial charge in [0.25, 0.3) is 0 Å². The van der Waals surface area contributed by atoms with Crippen LogP contribution in [0.1, 0.15) is 24.0 Å². The van der Waals surface area contributed by atoms with Gasteiger partial charge in [-0.15, -0.1) is 0 Å². The monoisotopic (exact) mass is 246 g/mol. The van der Waals surface area contributed by atoms with Gasteiger partial charge in [-0.25, -0.2) is 9.97 Å². The quantitative estimate of drug-likeness (QED) is 0.838. The molecule has 1 aromatic heterocycles. The van der Waals surface area contributed by atoms with E-state index in [-0.39, 0.29) is 17.8 Å². The van der Waals surface area contributed by atoms with Crippen molar-refractivity contribution in [3.8, 4) is 0 Å². The van der Waals surface area contributed by atoms with Crippen LogP contribution in [0.2, 0.25) is 0 Å². The summed E-state index contributed by atoms with van der Waals surface area (Å²) in [6.07, 6.45) is -2.52. The Morgan fingerprint density at radius 3 is 2.76 bits per heavy atom. The van der Waals surface area contributed by atoms with Gasteiger partial charge in [0.15, 0.2) is 0 Å². The highest BCUT2D eigenvalue weighted by molar-refractivity contribution is 5.11. The van der Waals surface area contributed by atoms with Gasteiger partial charge in [0.05, 0.1) is 6.04 Å². The number of alkyl halides is 3. The normalized spacial score (nSPS) is 24.5. The molecule has 0 spiro atoms. The van der Waals surface area contributed by atoms with Crippen LogP contribution in [0.3, 0.4) is 0 Å². The fraction of sp³-hybridized carbons (Fsp3) is 0.600. The van der Waals surface area contributed by atoms with Crippen molar-refractivity contribution < 1.29 is 13.2 Å². The van der Waals surface area contributed by atoms with Crippen LogP contribution in [-0.4, -0.2) is 23.1 Å². The van der Waals surface area contributed by atoms with Crippen LogP contribution in [0, 0.1) is 5.92 Å². The molecular formula is C10H13F3N4. The fourth-order valence-corrected chi connectivity index (χ4v) is 1.87. The van der Waals surface area contributed by atoms with Gasteiger partial charge >= 0.3 is 6.18 Å². The molecule has 1 saturated heterocycles. The second-order valence-electron chi connectivity index (χ2n) is 4.02. The molecule has 94 valence electrons. The molecule has 0 aromatic carbocycles. The van der Waals surface area contributed by atoms with E-state index in [9.17, 15) is 13.2 Å². The van der Waals surface area contributed by atoms with Gasteiger partial charge in [-0.1, -0.05) is 0 Å². The molecule has 7 heteroatoms. The van der Waals surface area contributed by atoms with Crippen molar-refractivity contribution in [2.45, 2.75) is 18.6 Å². The molecule has 0 bridgehead atoms. The summed E-state index contributed by atoms with van der Waals surface area (Å²) in [5.41, 5.74) is 4.53. The molecule has 1 aromatic rings. The minimum absolute atomic E-state index is 0.199. The Balaban J connectivity index is 2.17. The zero-order valence-corrected chi connectivity index (χ0v) is 9.04. The molecule has 2 heterocycles. The highest BCUT2D eigenvalue weighted by atomic mass is 19.4. The van der Waals surface area contributed by atoms with Gasteiger partial charge in [-0.2, -0.15) is 13.2 Å². The number of hydrogen-bond acceptors (Lipinski definition) is 4. The highest BCUT2D eigenvalue weighted by Crippen LogP contribution is 2.32. The van der Waals surface area contributed by atoms with Crippen LogP contribution in [0.5, 0.6) is 0 Å². The zero-order chi connectivity index (χ0) is 12.5. The standard InChI is InChI=1S/C10H13F3N4/c11-10(12,13)7-2-4-15-9(17-7)8-6(1-3-14)5-16-8/h2,4,6,8,16H,1,3,5,14H2. The van der Waals surface area contributed by atoms with Gasteiger partial charge in [-0.05, 0) is 24.9 Å². The first-order chi connectivity index (χ1) is 8.02. The van der Waals surface area contributed by atoms with Gasteiger partial charge in [-0.3, -0.25) is 0 Å². The Kier molecular flexibility index (Phi) is 3.30. The van der Waals surface area contributed by atoms with Crippen molar-refractivity contribution in [3.05, 3.63) is 23.8 Å². The minimum Gasteiger partial charge on any atom is -0.330 e. The summed E-state index contributed by atoms with van der Waals surface area (Å²) in [4.78, 5) is 7.45. The van der Waals surface area contributed by atoms with E-state index in [2.05, 4.69) is 15.3 Å². The summed E-state index contributed by atoms with van der Waals surface area (Å²) in [5.74, 6) is 0.424. The number of aromatic nitrogens is 2. The van der Waals surface area contributed by atoms with Crippen molar-refractivity contribution >= 4 is 0 Å². The third-order valence-corrected chi connectivity index (χ3v) is 2.85. The lowest BCUT2D eigenvalue weighted by Crippen LogP contribution is -2.47. The van der Waals surface area contributed by atoms with E-state index in [4.69, 9.17) is 5.73 Å². The number of hydrogen-bond donors (Lipinski definition) is 2. The Morgan fingerprint density at radius 2 is 2.24 bits per heavy atom. The first kappa shape index (κ1) is 12.3. The molecule has 2 rings (SSSR count). The highest BCUT2D eigenvalue weighted by Gasteiger charge is 2.36. The summed E-state index contributed by atoms with van der Waals surface area (Å²) < 4.78 is 37.4. The number of nitrogens with zero attached hydrogens (tertiary/aromatic N) is 2. The van der Waals surface area contributed by atoms with E-state index in [1.165, 1.54) is 0 Å². The molecule has 2 atom stereocenters. The van der Waals surface area contributed by atoms with Gasteiger partial charge in [0, 0.05) is 12.7 Å². The predicted molar refractivity (Wildman–Crippen MR) is 54.9 cm³/mol. The molecular weight excluding hydrogens is 233 g/mol. The zero-order valence-electron chi connectivity index (χ0n) is 9.04. The van der Waals surface area contributed by atoms with Crippen LogP contribution in [0.4, 0.5) is 13.2 Å². The molecule has 2 unspecified atom stereocenters. The second-order valence-corrected chi connectivity index (χ2v) is 4.02. The largest absolute Gasteiger partial charge is 0.433 e. The summed E-state index contributed by atoms with van der Waals surface area (Å²) in [6, 6.07) is 0.668. The molecule has 1 aliphatic heterocycles. The van der Waals surface area contributed by atoms with E-state index in [0.29, 0.717) is 6.54 Å². The first-order valence-electron chi connectivity index (χ1n) is 5.36. The SMILES string of the molecule is NCCC1CNC1c1nccc(C(F)(F)F)n1. The molecule has 0 saturated carbocycles. The number of nitrogens with one attached hydrogen (secondary N) is 1. The van der Waals surface area contributed by atoms with Crippen LogP contribution < -0.4 is 11.1 Å². The van der Waals surface area contributed by atoms with Crippen LogP contribution in [0.25, 0.3) is 0 Å². The Labute approximate surface area is 96.4 Å². The third-order valence-electron chi connectivity index (χ3n) is 2.85. The first-order valence-corrected chi connectivity index (χ1v) is 5.36. The van der Waals surface area contributed by atoms with E-state index in [0.717, 1.165) is 25.2 Å². The summed E-state index contributed by atoms with van der Waals surface area (Å²) in [7, 11) is 0. The van der Waals surface area contributed by atoms with Crippen molar-refractivity contribution in [2.24, 2.45) is 11.7 Å². The van der Waals surface area contributed by atoms with E-state index < -0.39 is 11.9 Å². The Morgan fingerprint density at radius 1 is 1.47 bits per heavy atom.